The van der Waals surface area contributed by atoms with E-state index in [1.165, 1.54) is 12.8 Å². The zero-order chi connectivity index (χ0) is 15.6. The molecule has 2 aliphatic rings. The molecule has 0 N–H and O–H groups in total. The molecule has 22 heavy (non-hydrogen) atoms. The van der Waals surface area contributed by atoms with Gasteiger partial charge in [-0.2, -0.15) is 0 Å². The number of Topliss-reactive ketones (excluding diaryl/α,β-unsaturated/α-hetero) is 2. The highest BCUT2D eigenvalue weighted by Crippen LogP contribution is 2.25. The van der Waals surface area contributed by atoms with Crippen LogP contribution in [0.1, 0.15) is 77.0 Å². The van der Waals surface area contributed by atoms with Crippen LogP contribution in [0, 0.1) is 5.92 Å². The largest absolute Gasteiger partial charge is 0.373 e. The van der Waals surface area contributed by atoms with Crippen molar-refractivity contribution < 1.29 is 14.3 Å². The molecule has 0 amide bonds. The van der Waals surface area contributed by atoms with Gasteiger partial charge in [0.2, 0.25) is 0 Å². The first-order chi connectivity index (χ1) is 10.8. The van der Waals surface area contributed by atoms with Crippen LogP contribution in [0.5, 0.6) is 0 Å². The van der Waals surface area contributed by atoms with E-state index < -0.39 is 0 Å². The molecule has 0 aromatic heterocycles. The fourth-order valence-electron chi connectivity index (χ4n) is 3.19. The van der Waals surface area contributed by atoms with Gasteiger partial charge in [-0.25, -0.2) is 0 Å². The van der Waals surface area contributed by atoms with Crippen molar-refractivity contribution in [3.05, 3.63) is 12.2 Å². The first-order valence-electron chi connectivity index (χ1n) is 9.06. The van der Waals surface area contributed by atoms with Crippen LogP contribution >= 0.6 is 0 Å². The Morgan fingerprint density at radius 3 is 2.45 bits per heavy atom. The van der Waals surface area contributed by atoms with Crippen molar-refractivity contribution >= 4 is 11.6 Å². The first-order valence-corrected chi connectivity index (χ1v) is 9.06. The van der Waals surface area contributed by atoms with Gasteiger partial charge in [-0.15, -0.1) is 0 Å². The molecule has 2 unspecified atom stereocenters. The molecule has 3 heteroatoms. The lowest BCUT2D eigenvalue weighted by atomic mass is 9.90. The van der Waals surface area contributed by atoms with Gasteiger partial charge in [0.15, 0.2) is 0 Å². The third-order valence-corrected chi connectivity index (χ3v) is 4.71. The second-order valence-electron chi connectivity index (χ2n) is 6.75. The monoisotopic (exact) mass is 306 g/mol. The Bertz CT molecular complexity index is 382. The molecule has 2 atom stereocenters. The van der Waals surface area contributed by atoms with E-state index >= 15 is 0 Å². The van der Waals surface area contributed by atoms with Crippen molar-refractivity contribution in [1.29, 1.82) is 0 Å². The molecule has 0 radical (unpaired) electrons. The summed E-state index contributed by atoms with van der Waals surface area (Å²) in [6.07, 6.45) is 15.9. The first kappa shape index (κ1) is 17.4. The predicted molar refractivity (Wildman–Crippen MR) is 87.8 cm³/mol. The average Bonchev–Trinajstić information content (AvgIpc) is 3.30. The number of allylic oxidation sites excluding steroid dienone is 2. The Morgan fingerprint density at radius 1 is 0.909 bits per heavy atom. The van der Waals surface area contributed by atoms with E-state index in [0.29, 0.717) is 36.9 Å². The third kappa shape index (κ3) is 7.35. The van der Waals surface area contributed by atoms with Gasteiger partial charge in [-0.1, -0.05) is 25.0 Å². The van der Waals surface area contributed by atoms with Crippen molar-refractivity contribution in [2.45, 2.75) is 83.2 Å². The molecule has 0 spiro atoms. The van der Waals surface area contributed by atoms with E-state index in [-0.39, 0.29) is 5.92 Å². The standard InChI is InChI=1S/C19H30O3/c20-17-11-8-6-4-2-1-3-5-7-10-16(14-18-15-22-18)19(21)13-9-12-17/h3,5,16,18H,1-2,4,6-15H2/b5-3+. The van der Waals surface area contributed by atoms with Crippen LogP contribution in [-0.4, -0.2) is 24.3 Å². The fraction of sp³-hybridized carbons (Fsp3) is 0.789. The van der Waals surface area contributed by atoms with Crippen LogP contribution < -0.4 is 0 Å². The van der Waals surface area contributed by atoms with E-state index in [0.717, 1.165) is 51.6 Å². The van der Waals surface area contributed by atoms with Gasteiger partial charge >= 0.3 is 0 Å². The summed E-state index contributed by atoms with van der Waals surface area (Å²) in [7, 11) is 0. The maximum atomic E-state index is 12.4. The summed E-state index contributed by atoms with van der Waals surface area (Å²) in [6, 6.07) is 0. The summed E-state index contributed by atoms with van der Waals surface area (Å²) >= 11 is 0. The molecule has 1 aliphatic carbocycles. The smallest absolute Gasteiger partial charge is 0.136 e. The van der Waals surface area contributed by atoms with Crippen LogP contribution in [0.2, 0.25) is 0 Å². The third-order valence-electron chi connectivity index (χ3n) is 4.71. The summed E-state index contributed by atoms with van der Waals surface area (Å²) in [6.45, 7) is 0.818. The molecule has 0 aromatic carbocycles. The molecule has 0 aromatic rings. The lowest BCUT2D eigenvalue weighted by molar-refractivity contribution is -0.123. The van der Waals surface area contributed by atoms with Crippen molar-refractivity contribution in [3.63, 3.8) is 0 Å². The van der Waals surface area contributed by atoms with Gasteiger partial charge in [-0.3, -0.25) is 9.59 Å². The van der Waals surface area contributed by atoms with Crippen LogP contribution in [0.25, 0.3) is 0 Å². The normalized spacial score (nSPS) is 30.9. The lowest BCUT2D eigenvalue weighted by Crippen LogP contribution is -2.17. The van der Waals surface area contributed by atoms with E-state index in [2.05, 4.69) is 12.2 Å². The average molecular weight is 306 g/mol. The SMILES string of the molecule is O=C1CCCCCC/C=C/CCC(CC2CO2)C(=O)CCC1. The lowest BCUT2D eigenvalue weighted by Gasteiger charge is -2.14. The highest BCUT2D eigenvalue weighted by Gasteiger charge is 2.29. The molecule has 1 aliphatic heterocycles. The minimum Gasteiger partial charge on any atom is -0.373 e. The maximum absolute atomic E-state index is 12.4. The van der Waals surface area contributed by atoms with Gasteiger partial charge in [0, 0.05) is 25.2 Å². The number of carbonyl (C=O) groups excluding carboxylic acids is 2. The molecule has 1 heterocycles. The highest BCUT2D eigenvalue weighted by atomic mass is 16.6. The number of ether oxygens (including phenoxy) is 1. The van der Waals surface area contributed by atoms with Gasteiger partial charge in [0.1, 0.15) is 11.6 Å². The highest BCUT2D eigenvalue weighted by molar-refractivity contribution is 5.82. The summed E-state index contributed by atoms with van der Waals surface area (Å²) in [5, 5.41) is 0. The molecular weight excluding hydrogens is 276 g/mol. The Balaban J connectivity index is 1.83. The van der Waals surface area contributed by atoms with Crippen molar-refractivity contribution in [3.8, 4) is 0 Å². The maximum Gasteiger partial charge on any atom is 0.136 e. The van der Waals surface area contributed by atoms with Gasteiger partial charge < -0.3 is 4.74 Å². The molecular formula is C19H30O3. The molecule has 1 saturated heterocycles. The van der Waals surface area contributed by atoms with Crippen LogP contribution in [0.15, 0.2) is 12.2 Å². The molecule has 2 rings (SSSR count). The minimum atomic E-state index is 0.125. The molecule has 1 fully saturated rings. The van der Waals surface area contributed by atoms with E-state index in [1.807, 2.05) is 0 Å². The van der Waals surface area contributed by atoms with Crippen LogP contribution in [0.4, 0.5) is 0 Å². The predicted octanol–water partition coefficient (Wildman–Crippen LogP) is 4.39. The fourth-order valence-corrected chi connectivity index (χ4v) is 3.19. The summed E-state index contributed by atoms with van der Waals surface area (Å²) in [5.74, 6) is 0.797. The Labute approximate surface area is 134 Å². The van der Waals surface area contributed by atoms with Crippen LogP contribution in [0.3, 0.4) is 0 Å². The van der Waals surface area contributed by atoms with Crippen molar-refractivity contribution in [2.75, 3.05) is 6.61 Å². The zero-order valence-corrected chi connectivity index (χ0v) is 13.7. The zero-order valence-electron chi connectivity index (χ0n) is 13.7. The summed E-state index contributed by atoms with van der Waals surface area (Å²) in [5.41, 5.74) is 0. The second kappa shape index (κ2) is 9.94. The van der Waals surface area contributed by atoms with Crippen molar-refractivity contribution in [2.24, 2.45) is 5.92 Å². The quantitative estimate of drug-likeness (QED) is 0.561. The number of epoxide rings is 1. The molecule has 0 saturated carbocycles. The molecule has 124 valence electrons. The minimum absolute atomic E-state index is 0.125. The Kier molecular flexibility index (Phi) is 7.86. The Morgan fingerprint density at radius 2 is 1.64 bits per heavy atom. The van der Waals surface area contributed by atoms with Gasteiger partial charge in [0.25, 0.3) is 0 Å². The van der Waals surface area contributed by atoms with Crippen LogP contribution in [-0.2, 0) is 14.3 Å². The number of rotatable bonds is 2. The number of hydrogen-bond donors (Lipinski definition) is 0. The molecule has 0 bridgehead atoms. The number of carbonyl (C=O) groups is 2. The summed E-state index contributed by atoms with van der Waals surface area (Å²) < 4.78 is 5.29. The summed E-state index contributed by atoms with van der Waals surface area (Å²) in [4.78, 5) is 24.2. The van der Waals surface area contributed by atoms with E-state index in [1.54, 1.807) is 0 Å². The number of hydrogen-bond acceptors (Lipinski definition) is 3. The second-order valence-corrected chi connectivity index (χ2v) is 6.75. The van der Waals surface area contributed by atoms with Crippen molar-refractivity contribution in [1.82, 2.24) is 0 Å². The number of ketones is 2. The Hall–Kier alpha value is -0.960. The van der Waals surface area contributed by atoms with Gasteiger partial charge in [-0.05, 0) is 44.9 Å². The van der Waals surface area contributed by atoms with E-state index in [4.69, 9.17) is 4.74 Å². The topological polar surface area (TPSA) is 46.7 Å². The molecule has 3 nitrogen and oxygen atoms in total. The van der Waals surface area contributed by atoms with Gasteiger partial charge in [0.05, 0.1) is 12.7 Å². The van der Waals surface area contributed by atoms with E-state index in [9.17, 15) is 9.59 Å².